The molecule has 0 fully saturated rings. The summed E-state index contributed by atoms with van der Waals surface area (Å²) >= 11 is 0. The lowest BCUT2D eigenvalue weighted by molar-refractivity contribution is 0.421. The number of phenols is 1. The van der Waals surface area contributed by atoms with Crippen LogP contribution in [-0.2, 0) is 0 Å². The van der Waals surface area contributed by atoms with Gasteiger partial charge >= 0.3 is 0 Å². The molecule has 13 heavy (non-hydrogen) atoms. The molecule has 1 aromatic rings. The summed E-state index contributed by atoms with van der Waals surface area (Å²) in [6, 6.07) is 3.07. The first-order chi connectivity index (χ1) is 6.06. The zero-order chi connectivity index (χ0) is 10.0. The topological polar surface area (TPSA) is 46.2 Å². The molecule has 0 saturated carbocycles. The van der Waals surface area contributed by atoms with Crippen molar-refractivity contribution in [2.24, 2.45) is 5.73 Å². The summed E-state index contributed by atoms with van der Waals surface area (Å²) < 4.78 is 13.0. The fourth-order valence-electron chi connectivity index (χ4n) is 1.26. The lowest BCUT2D eigenvalue weighted by atomic mass is 9.98. The van der Waals surface area contributed by atoms with Crippen LogP contribution in [0.5, 0.6) is 5.75 Å². The van der Waals surface area contributed by atoms with Crippen molar-refractivity contribution in [1.82, 2.24) is 0 Å². The normalized spacial score (nSPS) is 12.9. The molecule has 0 aliphatic rings. The van der Waals surface area contributed by atoms with E-state index in [1.165, 1.54) is 6.07 Å². The molecule has 1 aromatic carbocycles. The van der Waals surface area contributed by atoms with Crippen molar-refractivity contribution in [2.75, 3.05) is 6.54 Å². The Labute approximate surface area is 77.2 Å². The van der Waals surface area contributed by atoms with Crippen LogP contribution in [0.3, 0.4) is 0 Å². The van der Waals surface area contributed by atoms with Gasteiger partial charge in [-0.15, -0.1) is 0 Å². The van der Waals surface area contributed by atoms with Gasteiger partial charge in [0.25, 0.3) is 0 Å². The standard InChI is InChI=1S/C10H14FNO/c1-6-3-8(7(2)5-12)10(13)9(11)4-6/h3-4,7,13H,5,12H2,1-2H3. The molecule has 0 heterocycles. The second kappa shape index (κ2) is 3.75. The molecule has 2 nitrogen and oxygen atoms in total. The second-order valence-corrected chi connectivity index (χ2v) is 3.32. The van der Waals surface area contributed by atoms with Crippen LogP contribution in [0, 0.1) is 12.7 Å². The van der Waals surface area contributed by atoms with E-state index in [0.29, 0.717) is 12.1 Å². The van der Waals surface area contributed by atoms with E-state index in [2.05, 4.69) is 0 Å². The summed E-state index contributed by atoms with van der Waals surface area (Å²) in [6.45, 7) is 4.04. The molecule has 0 saturated heterocycles. The highest BCUT2D eigenvalue weighted by molar-refractivity contribution is 5.39. The van der Waals surface area contributed by atoms with Crippen LogP contribution in [0.1, 0.15) is 24.0 Å². The fraction of sp³-hybridized carbons (Fsp3) is 0.400. The van der Waals surface area contributed by atoms with Crippen molar-refractivity contribution in [1.29, 1.82) is 0 Å². The quantitative estimate of drug-likeness (QED) is 0.735. The Hall–Kier alpha value is -1.09. The number of hydrogen-bond donors (Lipinski definition) is 2. The first-order valence-corrected chi connectivity index (χ1v) is 4.25. The average Bonchev–Trinajstić information content (AvgIpc) is 2.10. The summed E-state index contributed by atoms with van der Waals surface area (Å²) in [5, 5.41) is 9.39. The van der Waals surface area contributed by atoms with Gasteiger partial charge in [-0.3, -0.25) is 0 Å². The molecule has 0 radical (unpaired) electrons. The van der Waals surface area contributed by atoms with Crippen molar-refractivity contribution in [3.05, 3.63) is 29.1 Å². The van der Waals surface area contributed by atoms with Crippen LogP contribution in [-0.4, -0.2) is 11.7 Å². The van der Waals surface area contributed by atoms with Gasteiger partial charge in [0.15, 0.2) is 11.6 Å². The Morgan fingerprint density at radius 1 is 1.54 bits per heavy atom. The molecule has 3 heteroatoms. The third kappa shape index (κ3) is 1.98. The summed E-state index contributed by atoms with van der Waals surface area (Å²) in [6.07, 6.45) is 0. The highest BCUT2D eigenvalue weighted by Crippen LogP contribution is 2.28. The number of hydrogen-bond acceptors (Lipinski definition) is 2. The number of phenolic OH excluding ortho intramolecular Hbond substituents is 1. The Morgan fingerprint density at radius 2 is 2.15 bits per heavy atom. The maximum atomic E-state index is 13.0. The smallest absolute Gasteiger partial charge is 0.165 e. The van der Waals surface area contributed by atoms with Gasteiger partial charge in [0.05, 0.1) is 0 Å². The number of rotatable bonds is 2. The van der Waals surface area contributed by atoms with Crippen LogP contribution in [0.2, 0.25) is 0 Å². The minimum absolute atomic E-state index is 0.0191. The number of benzene rings is 1. The molecule has 0 spiro atoms. The van der Waals surface area contributed by atoms with Crippen molar-refractivity contribution in [2.45, 2.75) is 19.8 Å². The molecule has 0 bridgehead atoms. The molecule has 1 unspecified atom stereocenters. The molecule has 0 aliphatic heterocycles. The number of aryl methyl sites for hydroxylation is 1. The number of aromatic hydroxyl groups is 1. The first kappa shape index (κ1) is 9.99. The molecular weight excluding hydrogens is 169 g/mol. The number of nitrogens with two attached hydrogens (primary N) is 1. The van der Waals surface area contributed by atoms with Crippen molar-refractivity contribution >= 4 is 0 Å². The largest absolute Gasteiger partial charge is 0.505 e. The summed E-state index contributed by atoms with van der Waals surface area (Å²) in [7, 11) is 0. The van der Waals surface area contributed by atoms with Crippen LogP contribution in [0.15, 0.2) is 12.1 Å². The van der Waals surface area contributed by atoms with Crippen molar-refractivity contribution in [3.8, 4) is 5.75 Å². The predicted octanol–water partition coefficient (Wildman–Crippen LogP) is 1.90. The second-order valence-electron chi connectivity index (χ2n) is 3.32. The first-order valence-electron chi connectivity index (χ1n) is 4.25. The van der Waals surface area contributed by atoms with Gasteiger partial charge in [-0.25, -0.2) is 4.39 Å². The third-order valence-corrected chi connectivity index (χ3v) is 2.12. The molecule has 1 rings (SSSR count). The van der Waals surface area contributed by atoms with Gasteiger partial charge < -0.3 is 10.8 Å². The molecule has 1 atom stereocenters. The Balaban J connectivity index is 3.20. The van der Waals surface area contributed by atoms with Gasteiger partial charge in [0.2, 0.25) is 0 Å². The fourth-order valence-corrected chi connectivity index (χ4v) is 1.26. The van der Waals surface area contributed by atoms with Crippen molar-refractivity contribution in [3.63, 3.8) is 0 Å². The van der Waals surface area contributed by atoms with Crippen LogP contribution >= 0.6 is 0 Å². The zero-order valence-corrected chi connectivity index (χ0v) is 7.84. The Bertz CT molecular complexity index is 312. The van der Waals surface area contributed by atoms with E-state index in [9.17, 15) is 9.50 Å². The maximum absolute atomic E-state index is 13.0. The Morgan fingerprint density at radius 3 is 2.69 bits per heavy atom. The lowest BCUT2D eigenvalue weighted by Gasteiger charge is -2.12. The van der Waals surface area contributed by atoms with Gasteiger partial charge in [-0.05, 0) is 31.0 Å². The van der Waals surface area contributed by atoms with Crippen LogP contribution in [0.25, 0.3) is 0 Å². The van der Waals surface area contributed by atoms with Gasteiger partial charge in [-0.1, -0.05) is 13.0 Å². The van der Waals surface area contributed by atoms with E-state index in [-0.39, 0.29) is 11.7 Å². The molecule has 0 aliphatic carbocycles. The van der Waals surface area contributed by atoms with Crippen LogP contribution < -0.4 is 5.73 Å². The summed E-state index contributed by atoms with van der Waals surface area (Å²) in [5.41, 5.74) is 6.82. The minimum atomic E-state index is -0.574. The van der Waals surface area contributed by atoms with Gasteiger partial charge in [-0.2, -0.15) is 0 Å². The SMILES string of the molecule is Cc1cc(F)c(O)c(C(C)CN)c1. The van der Waals surface area contributed by atoms with E-state index in [4.69, 9.17) is 5.73 Å². The molecule has 0 aromatic heterocycles. The molecule has 0 amide bonds. The van der Waals surface area contributed by atoms with Crippen molar-refractivity contribution < 1.29 is 9.50 Å². The summed E-state index contributed by atoms with van der Waals surface area (Å²) in [5.74, 6) is -0.867. The minimum Gasteiger partial charge on any atom is -0.505 e. The van der Waals surface area contributed by atoms with Crippen LogP contribution in [0.4, 0.5) is 4.39 Å². The maximum Gasteiger partial charge on any atom is 0.165 e. The van der Waals surface area contributed by atoms with E-state index < -0.39 is 5.82 Å². The molecule has 3 N–H and O–H groups in total. The number of halogens is 1. The molecule has 72 valence electrons. The average molecular weight is 183 g/mol. The van der Waals surface area contributed by atoms with E-state index in [0.717, 1.165) is 5.56 Å². The lowest BCUT2D eigenvalue weighted by Crippen LogP contribution is -2.09. The zero-order valence-electron chi connectivity index (χ0n) is 7.84. The third-order valence-electron chi connectivity index (χ3n) is 2.12. The Kier molecular flexibility index (Phi) is 2.88. The highest BCUT2D eigenvalue weighted by Gasteiger charge is 2.13. The molecular formula is C10H14FNO. The van der Waals surface area contributed by atoms with E-state index in [1.54, 1.807) is 13.0 Å². The van der Waals surface area contributed by atoms with E-state index >= 15 is 0 Å². The highest BCUT2D eigenvalue weighted by atomic mass is 19.1. The predicted molar refractivity (Wildman–Crippen MR) is 50.3 cm³/mol. The van der Waals surface area contributed by atoms with Gasteiger partial charge in [0, 0.05) is 5.56 Å². The van der Waals surface area contributed by atoms with E-state index in [1.807, 2.05) is 6.92 Å². The monoisotopic (exact) mass is 183 g/mol. The summed E-state index contributed by atoms with van der Waals surface area (Å²) in [4.78, 5) is 0. The van der Waals surface area contributed by atoms with Gasteiger partial charge in [0.1, 0.15) is 0 Å².